The lowest BCUT2D eigenvalue weighted by Crippen LogP contribution is -2.34. The van der Waals surface area contributed by atoms with Gasteiger partial charge in [0.15, 0.2) is 0 Å². The molecule has 0 atom stereocenters. The molecule has 0 spiro atoms. The standard InChI is InChI=1S/C18H19Cl2NO4/c1-4-8-21-9(2)13(17(22)23)15(14(10(21)3)18(24)25)11-6-5-7-12(19)16(11)20/h5-7,15H,4,8H2,1-3H3,(H,22,23)(H,24,25). The van der Waals surface area contributed by atoms with Crippen molar-refractivity contribution in [3.63, 3.8) is 0 Å². The predicted molar refractivity (Wildman–Crippen MR) is 96.9 cm³/mol. The third-order valence-corrected chi connectivity index (χ3v) is 5.20. The molecule has 2 rings (SSSR count). The number of carboxylic acid groups (broad SMARTS) is 2. The van der Waals surface area contributed by atoms with Crippen LogP contribution < -0.4 is 0 Å². The molecule has 0 amide bonds. The summed E-state index contributed by atoms with van der Waals surface area (Å²) in [6.07, 6.45) is 0.747. The molecule has 0 saturated carbocycles. The molecular weight excluding hydrogens is 365 g/mol. The molecule has 0 aliphatic carbocycles. The highest BCUT2D eigenvalue weighted by atomic mass is 35.5. The van der Waals surface area contributed by atoms with Gasteiger partial charge in [-0.1, -0.05) is 42.3 Å². The van der Waals surface area contributed by atoms with Crippen LogP contribution in [-0.2, 0) is 9.59 Å². The van der Waals surface area contributed by atoms with Crippen LogP contribution in [0.2, 0.25) is 10.0 Å². The molecule has 134 valence electrons. The number of halogens is 2. The van der Waals surface area contributed by atoms with Crippen molar-refractivity contribution < 1.29 is 19.8 Å². The van der Waals surface area contributed by atoms with Crippen LogP contribution in [0.25, 0.3) is 0 Å². The molecule has 0 unspecified atom stereocenters. The Hall–Kier alpha value is -1.98. The lowest BCUT2D eigenvalue weighted by atomic mass is 9.79. The van der Waals surface area contributed by atoms with Crippen molar-refractivity contribution in [1.29, 1.82) is 0 Å². The Morgan fingerprint density at radius 3 is 2.04 bits per heavy atom. The fraction of sp³-hybridized carbons (Fsp3) is 0.333. The minimum atomic E-state index is -1.18. The first kappa shape index (κ1) is 19.3. The monoisotopic (exact) mass is 383 g/mol. The first-order chi connectivity index (χ1) is 11.7. The van der Waals surface area contributed by atoms with E-state index in [1.165, 1.54) is 0 Å². The number of rotatable bonds is 5. The van der Waals surface area contributed by atoms with Crippen LogP contribution in [0.3, 0.4) is 0 Å². The Bertz CT molecular complexity index is 760. The number of carbonyl (C=O) groups is 2. The van der Waals surface area contributed by atoms with E-state index < -0.39 is 17.9 Å². The van der Waals surface area contributed by atoms with Gasteiger partial charge in [-0.15, -0.1) is 0 Å². The molecule has 1 aromatic rings. The van der Waals surface area contributed by atoms with Gasteiger partial charge in [0.2, 0.25) is 0 Å². The zero-order valence-corrected chi connectivity index (χ0v) is 15.6. The van der Waals surface area contributed by atoms with Crippen molar-refractivity contribution in [3.05, 3.63) is 56.3 Å². The molecule has 25 heavy (non-hydrogen) atoms. The van der Waals surface area contributed by atoms with Crippen LogP contribution in [0.15, 0.2) is 40.7 Å². The number of nitrogens with zero attached hydrogens (tertiary/aromatic N) is 1. The van der Waals surface area contributed by atoms with Crippen LogP contribution in [-0.4, -0.2) is 33.6 Å². The average molecular weight is 384 g/mol. The number of benzene rings is 1. The third kappa shape index (κ3) is 3.39. The number of carboxylic acids is 2. The summed E-state index contributed by atoms with van der Waals surface area (Å²) in [5.74, 6) is -3.34. The van der Waals surface area contributed by atoms with Crippen molar-refractivity contribution in [2.75, 3.05) is 6.54 Å². The van der Waals surface area contributed by atoms with E-state index in [4.69, 9.17) is 23.2 Å². The molecule has 0 saturated heterocycles. The number of allylic oxidation sites excluding steroid dienone is 2. The average Bonchev–Trinajstić information content (AvgIpc) is 2.52. The van der Waals surface area contributed by atoms with Crippen molar-refractivity contribution in [1.82, 2.24) is 4.90 Å². The van der Waals surface area contributed by atoms with Crippen molar-refractivity contribution in [2.45, 2.75) is 33.1 Å². The fourth-order valence-corrected chi connectivity index (χ4v) is 3.69. The molecule has 2 N–H and O–H groups in total. The third-order valence-electron chi connectivity index (χ3n) is 4.37. The first-order valence-electron chi connectivity index (χ1n) is 7.81. The van der Waals surface area contributed by atoms with E-state index in [-0.39, 0.29) is 21.2 Å². The molecule has 7 heteroatoms. The molecule has 0 aromatic heterocycles. The summed E-state index contributed by atoms with van der Waals surface area (Å²) in [7, 11) is 0. The Labute approximate surface area is 156 Å². The van der Waals surface area contributed by atoms with Crippen LogP contribution in [0, 0.1) is 0 Å². The van der Waals surface area contributed by atoms with Gasteiger partial charge in [0, 0.05) is 17.9 Å². The normalized spacial score (nSPS) is 15.8. The van der Waals surface area contributed by atoms with Crippen molar-refractivity contribution in [2.24, 2.45) is 0 Å². The smallest absolute Gasteiger partial charge is 0.334 e. The summed E-state index contributed by atoms with van der Waals surface area (Å²) in [5.41, 5.74) is 1.40. The summed E-state index contributed by atoms with van der Waals surface area (Å²) in [5, 5.41) is 20.0. The second kappa shape index (κ2) is 7.50. The summed E-state index contributed by atoms with van der Waals surface area (Å²) in [4.78, 5) is 25.7. The maximum absolute atomic E-state index is 12.0. The molecule has 0 fully saturated rings. The van der Waals surface area contributed by atoms with Crippen LogP contribution in [0.5, 0.6) is 0 Å². The molecule has 5 nitrogen and oxygen atoms in total. The topological polar surface area (TPSA) is 77.8 Å². The lowest BCUT2D eigenvalue weighted by Gasteiger charge is -2.37. The fourth-order valence-electron chi connectivity index (χ4n) is 3.27. The zero-order chi connectivity index (χ0) is 18.9. The van der Waals surface area contributed by atoms with Gasteiger partial charge >= 0.3 is 11.9 Å². The molecule has 1 heterocycles. The molecular formula is C18H19Cl2NO4. The summed E-state index contributed by atoms with van der Waals surface area (Å²) in [6, 6.07) is 4.82. The van der Waals surface area contributed by atoms with Crippen LogP contribution in [0.1, 0.15) is 38.7 Å². The van der Waals surface area contributed by atoms with Gasteiger partial charge in [0.25, 0.3) is 0 Å². The highest BCUT2D eigenvalue weighted by Crippen LogP contribution is 2.45. The summed E-state index contributed by atoms with van der Waals surface area (Å²) < 4.78 is 0. The maximum Gasteiger partial charge on any atom is 0.334 e. The van der Waals surface area contributed by atoms with E-state index >= 15 is 0 Å². The second-order valence-electron chi connectivity index (χ2n) is 5.84. The van der Waals surface area contributed by atoms with Gasteiger partial charge in [-0.2, -0.15) is 0 Å². The predicted octanol–water partition coefficient (Wildman–Crippen LogP) is 4.52. The summed E-state index contributed by atoms with van der Waals surface area (Å²) in [6.45, 7) is 5.85. The van der Waals surface area contributed by atoms with Gasteiger partial charge in [0.1, 0.15) is 0 Å². The largest absolute Gasteiger partial charge is 0.478 e. The molecule has 1 aliphatic heterocycles. The minimum absolute atomic E-state index is 0.000571. The Kier molecular flexibility index (Phi) is 5.80. The Morgan fingerprint density at radius 1 is 1.08 bits per heavy atom. The van der Waals surface area contributed by atoms with Crippen LogP contribution in [0.4, 0.5) is 0 Å². The van der Waals surface area contributed by atoms with E-state index in [0.717, 1.165) is 6.42 Å². The van der Waals surface area contributed by atoms with Gasteiger partial charge in [-0.05, 0) is 31.9 Å². The Balaban J connectivity index is 2.83. The van der Waals surface area contributed by atoms with Crippen molar-refractivity contribution >= 4 is 35.1 Å². The number of aliphatic carboxylic acids is 2. The molecule has 1 aliphatic rings. The van der Waals surface area contributed by atoms with Crippen LogP contribution >= 0.6 is 23.2 Å². The van der Waals surface area contributed by atoms with Gasteiger partial charge in [0.05, 0.1) is 27.1 Å². The van der Waals surface area contributed by atoms with Gasteiger partial charge in [-0.3, -0.25) is 0 Å². The van der Waals surface area contributed by atoms with Crippen molar-refractivity contribution in [3.8, 4) is 0 Å². The zero-order valence-electron chi connectivity index (χ0n) is 14.1. The highest BCUT2D eigenvalue weighted by Gasteiger charge is 2.40. The van der Waals surface area contributed by atoms with Gasteiger partial charge < -0.3 is 15.1 Å². The molecule has 0 radical (unpaired) electrons. The lowest BCUT2D eigenvalue weighted by molar-refractivity contribution is -0.133. The second-order valence-corrected chi connectivity index (χ2v) is 6.62. The van der Waals surface area contributed by atoms with Gasteiger partial charge in [-0.25, -0.2) is 9.59 Å². The SMILES string of the molecule is CCCN1C(C)=C(C(=O)O)C(c2cccc(Cl)c2Cl)C(C(=O)O)=C1C. The quantitative estimate of drug-likeness (QED) is 0.781. The molecule has 0 bridgehead atoms. The van der Waals surface area contributed by atoms with E-state index in [2.05, 4.69) is 0 Å². The summed E-state index contributed by atoms with van der Waals surface area (Å²) >= 11 is 12.4. The van der Waals surface area contributed by atoms with E-state index in [1.807, 2.05) is 6.92 Å². The highest BCUT2D eigenvalue weighted by molar-refractivity contribution is 6.42. The van der Waals surface area contributed by atoms with E-state index in [0.29, 0.717) is 23.5 Å². The first-order valence-corrected chi connectivity index (χ1v) is 8.57. The Morgan fingerprint density at radius 2 is 1.60 bits per heavy atom. The maximum atomic E-state index is 12.0. The number of hydrogen-bond acceptors (Lipinski definition) is 3. The number of hydrogen-bond donors (Lipinski definition) is 2. The minimum Gasteiger partial charge on any atom is -0.478 e. The van der Waals surface area contributed by atoms with E-state index in [9.17, 15) is 19.8 Å². The van der Waals surface area contributed by atoms with E-state index in [1.54, 1.807) is 36.9 Å². The molecule has 1 aromatic carbocycles.